The van der Waals surface area contributed by atoms with E-state index >= 15 is 0 Å². The van der Waals surface area contributed by atoms with E-state index in [0.717, 1.165) is 0 Å². The fourth-order valence-electron chi connectivity index (χ4n) is 3.56. The third-order valence-electron chi connectivity index (χ3n) is 7.19. The van der Waals surface area contributed by atoms with Crippen molar-refractivity contribution in [3.63, 3.8) is 0 Å². The van der Waals surface area contributed by atoms with E-state index in [1.54, 1.807) is 6.07 Å². The van der Waals surface area contributed by atoms with Gasteiger partial charge < -0.3 is 0 Å². The maximum absolute atomic E-state index is 8.23. The molecule has 0 spiro atoms. The molecule has 0 aliphatic rings. The van der Waals surface area contributed by atoms with Crippen molar-refractivity contribution in [3.05, 3.63) is 0 Å². The molecule has 118 heavy (non-hydrogen) atoms. The Labute approximate surface area is 693 Å². The summed E-state index contributed by atoms with van der Waals surface area (Å²) in [6.07, 6.45) is 4.95. The van der Waals surface area contributed by atoms with E-state index in [4.69, 9.17) is 11.7 Å². The van der Waals surface area contributed by atoms with E-state index in [1.807, 2.05) is 0 Å². The predicted molar refractivity (Wildman–Crippen MR) is 458 cm³/mol. The lowest BCUT2D eigenvalue weighted by atomic mass is 10.4. The van der Waals surface area contributed by atoms with Crippen LogP contribution in [0.15, 0.2) is 0 Å². The molecule has 0 fully saturated rings. The summed E-state index contributed by atoms with van der Waals surface area (Å²) >= 11 is 0. The van der Waals surface area contributed by atoms with Crippen molar-refractivity contribution in [2.45, 2.75) is 0 Å². The highest BCUT2D eigenvalue weighted by Crippen LogP contribution is 1.69. The van der Waals surface area contributed by atoms with Crippen LogP contribution in [0.4, 0.5) is 0 Å². The van der Waals surface area contributed by atoms with Gasteiger partial charge in [0.25, 0.3) is 0 Å². The van der Waals surface area contributed by atoms with Gasteiger partial charge in [0.05, 0.1) is 0 Å². The van der Waals surface area contributed by atoms with Gasteiger partial charge in [-0.15, -0.1) is 6.42 Å². The van der Waals surface area contributed by atoms with Gasteiger partial charge in [-0.2, -0.15) is 5.26 Å². The second kappa shape index (κ2) is 91.0. The lowest BCUT2D eigenvalue weighted by molar-refractivity contribution is 1.55. The maximum atomic E-state index is 8.23. The molecule has 1 heteroatoms. The van der Waals surface area contributed by atoms with Crippen molar-refractivity contribution in [2.75, 3.05) is 0 Å². The number of terminal acetylenes is 1. The van der Waals surface area contributed by atoms with Crippen LogP contribution in [-0.4, -0.2) is 0 Å². The van der Waals surface area contributed by atoms with Gasteiger partial charge in [0.1, 0.15) is 0 Å². The molecule has 0 aromatic carbocycles. The van der Waals surface area contributed by atoms with Crippen LogP contribution in [0.5, 0.6) is 0 Å². The summed E-state index contributed by atoms with van der Waals surface area (Å²) in [5.41, 5.74) is 0. The molecular formula is C117HN. The Morgan fingerprint density at radius 3 is 0.153 bits per heavy atom. The van der Waals surface area contributed by atoms with Gasteiger partial charge in [0.2, 0.25) is 0 Å². The molecule has 0 saturated carbocycles. The molecule has 474 valence electrons. The number of hydrogen-bond donors (Lipinski definition) is 0. The summed E-state index contributed by atoms with van der Waals surface area (Å²) < 4.78 is 0. The Morgan fingerprint density at radius 2 is 0.110 bits per heavy atom. The van der Waals surface area contributed by atoms with Crippen LogP contribution in [0.2, 0.25) is 0 Å². The summed E-state index contributed by atoms with van der Waals surface area (Å²) in [6.45, 7) is 0. The molecule has 0 N–H and O–H groups in total. The van der Waals surface area contributed by atoms with Crippen LogP contribution in [0.1, 0.15) is 0 Å². The quantitative estimate of drug-likeness (QED) is 0.322. The first kappa shape index (κ1) is 92.0. The summed E-state index contributed by atoms with van der Waals surface area (Å²) in [5, 5.41) is 8.23. The van der Waals surface area contributed by atoms with E-state index in [2.05, 4.69) is 681 Å². The maximum Gasteiger partial charge on any atom is 0.153 e. The second-order valence-electron chi connectivity index (χ2n) is 14.5. The normalized spacial score (nSPS) is 3.95. The molecule has 0 radical (unpaired) electrons. The fourth-order valence-corrected chi connectivity index (χ4v) is 3.56. The van der Waals surface area contributed by atoms with Crippen molar-refractivity contribution in [2.24, 2.45) is 0 Å². The molecule has 0 amide bonds. The van der Waals surface area contributed by atoms with Crippen LogP contribution >= 0.6 is 0 Å². The highest BCUT2D eigenvalue weighted by Gasteiger charge is 1.69. The number of rotatable bonds is 0. The topological polar surface area (TPSA) is 23.8 Å². The first-order chi connectivity index (χ1) is 58.9. The third kappa shape index (κ3) is 90.0. The SMILES string of the molecule is C#CC#CC#CC#CC#CC#CC#CC#CC#CC#CC#CC#CC#CC#CC#CC#CC#CC#CC#CC#CC#CC#CC#CC#CC#CC#CC#CC#CC#CC#CC#CC#CC#CC#CC#CC#CC#CC#CC#CC#CC#CC#CC#CC#CC#CC#CC#CC#CC#CC#CC#CC#CC#CC#CC#CC#CC#CC#CC#N. The predicted octanol–water partition coefficient (Wildman–Crippen LogP) is 0.337. The summed E-state index contributed by atoms with van der Waals surface area (Å²) in [5.74, 6) is 285. The molecule has 0 atom stereocenters. The average Bonchev–Trinajstić information content (AvgIpc) is 2.20. The Kier molecular flexibility index (Phi) is 70.9. The fraction of sp³-hybridized carbons (Fsp3) is 0. The van der Waals surface area contributed by atoms with E-state index < -0.39 is 0 Å². The average molecular weight is 1420 g/mol. The first-order valence-electron chi connectivity index (χ1n) is 29.3. The van der Waals surface area contributed by atoms with E-state index in [-0.39, 0.29) is 0 Å². The van der Waals surface area contributed by atoms with Crippen LogP contribution in [0.3, 0.4) is 0 Å². The van der Waals surface area contributed by atoms with E-state index in [1.165, 1.54) is 0 Å². The van der Waals surface area contributed by atoms with Crippen molar-refractivity contribution < 1.29 is 0 Å². The van der Waals surface area contributed by atoms with Crippen LogP contribution < -0.4 is 0 Å². The highest BCUT2D eigenvalue weighted by atomic mass is 14.2. The second-order valence-corrected chi connectivity index (χ2v) is 14.5. The van der Waals surface area contributed by atoms with Crippen molar-refractivity contribution in [1.82, 2.24) is 0 Å². The van der Waals surface area contributed by atoms with E-state index in [9.17, 15) is 0 Å². The van der Waals surface area contributed by atoms with Gasteiger partial charge in [-0.05, 0) is 47.4 Å². The zero-order valence-corrected chi connectivity index (χ0v) is 59.0. The standard InChI is InChI=1S/C117HN/c1-2-3-4-5-6-7-8-9-10-11-12-13-14-15-16-17-18-19-20-21-22-23-24-25-26-27-28-29-30-31-32-33-34-35-36-37-38-39-40-41-42-43-44-45-46-47-48-49-50-51-52-53-54-55-56-57-58-59-60-61-62-63-64-65-66-67-68-69-70-71-72-73-74-75-76-77-78-79-80-81-82-83-84-85-86-87-88-89-90-91-92-93-94-95-96-97-98-99-100-101-102-103-104-105-106-107-108-109-110-111-112-113-114-115-116-117-118/h1H. The molecule has 1 nitrogen and oxygen atoms in total. The van der Waals surface area contributed by atoms with Crippen LogP contribution in [-0.2, 0) is 0 Å². The largest absolute Gasteiger partial charge is 0.183 e. The van der Waals surface area contributed by atoms with Crippen molar-refractivity contribution >= 4 is 0 Å². The Bertz CT molecular complexity index is 7910. The first-order valence-corrected chi connectivity index (χ1v) is 29.3. The molecule has 0 aromatic heterocycles. The third-order valence-corrected chi connectivity index (χ3v) is 7.19. The van der Waals surface area contributed by atoms with Gasteiger partial charge >= 0.3 is 0 Å². The molecule has 0 unspecified atom stereocenters. The minimum Gasteiger partial charge on any atom is -0.183 e. The van der Waals surface area contributed by atoms with Gasteiger partial charge in [-0.1, -0.05) is 0 Å². The summed E-state index contributed by atoms with van der Waals surface area (Å²) in [7, 11) is 0. The van der Waals surface area contributed by atoms with Crippen molar-refractivity contribution in [1.29, 1.82) is 5.26 Å². The van der Waals surface area contributed by atoms with Gasteiger partial charge in [-0.25, -0.2) is 0 Å². The van der Waals surface area contributed by atoms with Gasteiger partial charge in [0.15, 0.2) is 6.07 Å². The highest BCUT2D eigenvalue weighted by molar-refractivity contribution is 5.58. The summed E-state index contributed by atoms with van der Waals surface area (Å²) in [6, 6.07) is 1.62. The van der Waals surface area contributed by atoms with Gasteiger partial charge in [-0.3, -0.25) is 0 Å². The molecule has 0 saturated heterocycles. The minimum atomic E-state index is 1.62. The molecule has 0 aliphatic carbocycles. The van der Waals surface area contributed by atoms with Gasteiger partial charge in [0, 0.05) is 633 Å². The molecule has 0 aromatic rings. The summed E-state index contributed by atoms with van der Waals surface area (Å²) in [4.78, 5) is 0. The number of nitriles is 1. The Hall–Kier alpha value is -26.0. The lowest BCUT2D eigenvalue weighted by Gasteiger charge is -1.58. The Morgan fingerprint density at radius 1 is 0.0678 bits per heavy atom. The monoisotopic (exact) mass is 1420 g/mol. The molecule has 0 rings (SSSR count). The zero-order chi connectivity index (χ0) is 84.0. The smallest absolute Gasteiger partial charge is 0.153 e. The van der Waals surface area contributed by atoms with Crippen molar-refractivity contribution in [3.8, 4) is 693 Å². The molecule has 0 bridgehead atoms. The van der Waals surface area contributed by atoms with E-state index in [0.29, 0.717) is 0 Å². The molecular weight excluding hydrogens is 1420 g/mol. The lowest BCUT2D eigenvalue weighted by Crippen LogP contribution is -1.57. The van der Waals surface area contributed by atoms with Crippen LogP contribution in [0, 0.1) is 699 Å². The minimum absolute atomic E-state index is 1.62. The zero-order valence-electron chi connectivity index (χ0n) is 59.0. The molecule has 0 aliphatic heterocycles. The number of hydrogen-bond acceptors (Lipinski definition) is 1. The number of nitrogens with zero attached hydrogens (tertiary/aromatic N) is 1. The van der Waals surface area contributed by atoms with Crippen LogP contribution in [0.25, 0.3) is 0 Å². The molecule has 0 heterocycles. The Balaban J connectivity index is 4.65.